The van der Waals surface area contributed by atoms with E-state index in [9.17, 15) is 23.1 Å². The van der Waals surface area contributed by atoms with Gasteiger partial charge in [0.05, 0.1) is 29.5 Å². The van der Waals surface area contributed by atoms with Crippen LogP contribution in [0.1, 0.15) is 37.7 Å². The van der Waals surface area contributed by atoms with E-state index < -0.39 is 33.7 Å². The molecule has 3 aromatic rings. The molecule has 0 aliphatic carbocycles. The van der Waals surface area contributed by atoms with Crippen molar-refractivity contribution in [1.82, 2.24) is 20.0 Å². The molecular formula is C29H38N6O8S. The maximum atomic E-state index is 13.0. The molecule has 14 nitrogen and oxygen atoms in total. The van der Waals surface area contributed by atoms with Gasteiger partial charge in [-0.2, -0.15) is 0 Å². The van der Waals surface area contributed by atoms with E-state index >= 15 is 0 Å². The third-order valence-corrected chi connectivity index (χ3v) is 7.24. The van der Waals surface area contributed by atoms with E-state index in [1.54, 1.807) is 57.2 Å². The van der Waals surface area contributed by atoms with Gasteiger partial charge in [-0.05, 0) is 58.5 Å². The molecule has 0 aliphatic heterocycles. The highest BCUT2D eigenvalue weighted by Crippen LogP contribution is 2.22. The van der Waals surface area contributed by atoms with Gasteiger partial charge in [0.2, 0.25) is 10.0 Å². The summed E-state index contributed by atoms with van der Waals surface area (Å²) in [5.74, 6) is -0.181. The average molecular weight is 631 g/mol. The van der Waals surface area contributed by atoms with E-state index in [1.807, 2.05) is 0 Å². The van der Waals surface area contributed by atoms with Gasteiger partial charge in [-0.3, -0.25) is 4.79 Å². The summed E-state index contributed by atoms with van der Waals surface area (Å²) in [5.41, 5.74) is 6.53. The van der Waals surface area contributed by atoms with Crippen LogP contribution < -0.4 is 25.8 Å². The van der Waals surface area contributed by atoms with E-state index in [4.69, 9.17) is 19.9 Å². The minimum Gasteiger partial charge on any atom is -0.491 e. The van der Waals surface area contributed by atoms with Crippen LogP contribution in [-0.4, -0.2) is 80.6 Å². The van der Waals surface area contributed by atoms with Crippen molar-refractivity contribution < 1.29 is 37.3 Å². The molecule has 15 heteroatoms. The molecule has 1 aromatic heterocycles. The Hall–Kier alpha value is -4.31. The number of sulfonamides is 1. The molecule has 0 aliphatic rings. The molecule has 2 aromatic carbocycles. The van der Waals surface area contributed by atoms with Crippen LogP contribution in [0.25, 0.3) is 11.3 Å². The van der Waals surface area contributed by atoms with Gasteiger partial charge in [-0.15, -0.1) is 0 Å². The van der Waals surface area contributed by atoms with Gasteiger partial charge < -0.3 is 35.7 Å². The predicted octanol–water partition coefficient (Wildman–Crippen LogP) is 2.56. The van der Waals surface area contributed by atoms with Crippen molar-refractivity contribution in [3.8, 4) is 17.0 Å². The number of rotatable bonds is 14. The number of amides is 2. The van der Waals surface area contributed by atoms with Gasteiger partial charge >= 0.3 is 6.09 Å². The molecule has 0 spiro atoms. The highest BCUT2D eigenvalue weighted by Gasteiger charge is 2.18. The van der Waals surface area contributed by atoms with Crippen LogP contribution in [0.5, 0.6) is 5.75 Å². The topological polar surface area (TPSA) is 204 Å². The summed E-state index contributed by atoms with van der Waals surface area (Å²) in [6, 6.07) is 12.7. The number of carbonyl (C=O) groups excluding carboxylic acids is 2. The fourth-order valence-electron chi connectivity index (χ4n) is 3.64. The number of ether oxygens (including phenoxy) is 3. The molecule has 0 saturated heterocycles. The van der Waals surface area contributed by atoms with Gasteiger partial charge in [-0.25, -0.2) is 27.9 Å². The summed E-state index contributed by atoms with van der Waals surface area (Å²) in [6.07, 6.45) is 0.326. The molecular weight excluding hydrogens is 592 g/mol. The minimum absolute atomic E-state index is 0.0469. The van der Waals surface area contributed by atoms with Crippen LogP contribution in [0, 0.1) is 0 Å². The second-order valence-electron chi connectivity index (χ2n) is 10.5. The number of nitrogens with zero attached hydrogens (tertiary/aromatic N) is 2. The first-order valence-electron chi connectivity index (χ1n) is 13.7. The van der Waals surface area contributed by atoms with E-state index in [0.717, 1.165) is 0 Å². The number of aromatic nitrogens is 2. The highest BCUT2D eigenvalue weighted by molar-refractivity contribution is 7.89. The van der Waals surface area contributed by atoms with Crippen LogP contribution in [0.4, 0.5) is 16.3 Å². The van der Waals surface area contributed by atoms with E-state index in [-0.39, 0.29) is 42.8 Å². The summed E-state index contributed by atoms with van der Waals surface area (Å²) >= 11 is 0. The molecule has 6 N–H and O–H groups in total. The zero-order valence-electron chi connectivity index (χ0n) is 25.0. The molecule has 0 radical (unpaired) electrons. The second-order valence-corrected chi connectivity index (χ2v) is 12.4. The second kappa shape index (κ2) is 15.4. The molecule has 2 amide bonds. The number of carbonyl (C=O) groups is 2. The van der Waals surface area contributed by atoms with E-state index in [0.29, 0.717) is 29.1 Å². The molecule has 1 atom stereocenters. The van der Waals surface area contributed by atoms with Gasteiger partial charge in [-0.1, -0.05) is 18.2 Å². The maximum absolute atomic E-state index is 13.0. The van der Waals surface area contributed by atoms with Gasteiger partial charge in [0.25, 0.3) is 5.91 Å². The Bertz CT molecular complexity index is 1530. The SMILES string of the molecule is CNS(=O)(=O)c1ccc(-c2cnc(N)c(C(=O)Nc3cccc(OCCOCCC(O)CNC(=O)OC(C)(C)C)c3)n2)cc1. The zero-order chi connectivity index (χ0) is 32.3. The quantitative estimate of drug-likeness (QED) is 0.164. The lowest BCUT2D eigenvalue weighted by Gasteiger charge is -2.20. The van der Waals surface area contributed by atoms with Crippen molar-refractivity contribution >= 4 is 33.5 Å². The summed E-state index contributed by atoms with van der Waals surface area (Å²) < 4.78 is 42.5. The number of anilines is 2. The van der Waals surface area contributed by atoms with Crippen molar-refractivity contribution in [2.45, 2.75) is 43.8 Å². The number of aliphatic hydroxyl groups is 1. The number of hydrogen-bond donors (Lipinski definition) is 5. The number of nitrogens with two attached hydrogens (primary N) is 1. The Morgan fingerprint density at radius 3 is 2.48 bits per heavy atom. The number of nitrogen functional groups attached to an aromatic ring is 1. The van der Waals surface area contributed by atoms with E-state index in [1.165, 1.54) is 25.4 Å². The number of nitrogens with one attached hydrogen (secondary N) is 3. The van der Waals surface area contributed by atoms with Crippen molar-refractivity contribution in [1.29, 1.82) is 0 Å². The molecule has 0 bridgehead atoms. The summed E-state index contributed by atoms with van der Waals surface area (Å²) in [4.78, 5) is 33.1. The average Bonchev–Trinajstić information content (AvgIpc) is 2.97. The first-order chi connectivity index (χ1) is 20.8. The van der Waals surface area contributed by atoms with Crippen molar-refractivity contribution in [3.63, 3.8) is 0 Å². The first-order valence-corrected chi connectivity index (χ1v) is 15.2. The minimum atomic E-state index is -3.60. The van der Waals surface area contributed by atoms with Gasteiger partial charge in [0.15, 0.2) is 11.5 Å². The van der Waals surface area contributed by atoms with Crippen LogP contribution in [0.3, 0.4) is 0 Å². The number of benzene rings is 2. The Kier molecular flexibility index (Phi) is 12.0. The van der Waals surface area contributed by atoms with Crippen molar-refractivity contribution in [2.75, 3.05) is 44.5 Å². The largest absolute Gasteiger partial charge is 0.491 e. The Labute approximate surface area is 256 Å². The van der Waals surface area contributed by atoms with Crippen molar-refractivity contribution in [3.05, 3.63) is 60.4 Å². The molecule has 0 fully saturated rings. The third kappa shape index (κ3) is 10.8. The monoisotopic (exact) mass is 630 g/mol. The summed E-state index contributed by atoms with van der Waals surface area (Å²) in [7, 11) is -2.28. The smallest absolute Gasteiger partial charge is 0.407 e. The first kappa shape index (κ1) is 34.2. The third-order valence-electron chi connectivity index (χ3n) is 5.81. The van der Waals surface area contributed by atoms with Crippen LogP contribution in [0.2, 0.25) is 0 Å². The summed E-state index contributed by atoms with van der Waals surface area (Å²) in [5, 5.41) is 15.2. The van der Waals surface area contributed by atoms with Crippen LogP contribution >= 0.6 is 0 Å². The number of aliphatic hydroxyl groups excluding tert-OH is 1. The summed E-state index contributed by atoms with van der Waals surface area (Å²) in [6.45, 7) is 6.05. The zero-order valence-corrected chi connectivity index (χ0v) is 25.8. The molecule has 0 saturated carbocycles. The lowest BCUT2D eigenvalue weighted by atomic mass is 10.1. The molecule has 44 heavy (non-hydrogen) atoms. The Morgan fingerprint density at radius 2 is 1.80 bits per heavy atom. The highest BCUT2D eigenvalue weighted by atomic mass is 32.2. The Morgan fingerprint density at radius 1 is 1.07 bits per heavy atom. The fraction of sp³-hybridized carbons (Fsp3) is 0.379. The molecule has 238 valence electrons. The molecule has 3 rings (SSSR count). The van der Waals surface area contributed by atoms with Gasteiger partial charge in [0.1, 0.15) is 18.0 Å². The van der Waals surface area contributed by atoms with Gasteiger partial charge in [0, 0.05) is 30.5 Å². The van der Waals surface area contributed by atoms with Crippen LogP contribution in [0.15, 0.2) is 59.6 Å². The maximum Gasteiger partial charge on any atom is 0.407 e. The molecule has 1 heterocycles. The number of alkyl carbamates (subject to hydrolysis) is 1. The fourth-order valence-corrected chi connectivity index (χ4v) is 4.37. The standard InChI is InChI=1S/C29H38N6O8S/c1-29(2,3)43-28(38)33-17-21(36)12-13-41-14-15-42-22-7-5-6-20(16-22)34-27(37)25-26(30)32-18-24(35-25)19-8-10-23(11-9-19)44(39,40)31-4/h5-11,16,18,21,31,36H,12-15,17H2,1-4H3,(H2,30,32)(H,33,38)(H,34,37). The predicted molar refractivity (Wildman–Crippen MR) is 164 cm³/mol. The van der Waals surface area contributed by atoms with E-state index in [2.05, 4.69) is 25.3 Å². The van der Waals surface area contributed by atoms with Crippen LogP contribution in [-0.2, 0) is 19.5 Å². The van der Waals surface area contributed by atoms with Crippen molar-refractivity contribution in [2.24, 2.45) is 0 Å². The normalized spacial score (nSPS) is 12.3. The Balaban J connectivity index is 1.47. The molecule has 1 unspecified atom stereocenters. The lowest BCUT2D eigenvalue weighted by molar-refractivity contribution is 0.0436. The lowest BCUT2D eigenvalue weighted by Crippen LogP contribution is -2.37. The number of hydrogen-bond acceptors (Lipinski definition) is 11.